The molecule has 0 N–H and O–H groups in total. The molecule has 0 aliphatic carbocycles. The van der Waals surface area contributed by atoms with Crippen LogP contribution in [0, 0.1) is 13.8 Å². The first-order valence-corrected chi connectivity index (χ1v) is 6.26. The third-order valence-electron chi connectivity index (χ3n) is 3.31. The van der Waals surface area contributed by atoms with Gasteiger partial charge in [0.15, 0.2) is 5.78 Å². The molecule has 2 rings (SSSR count). The van der Waals surface area contributed by atoms with Gasteiger partial charge < -0.3 is 4.57 Å². The summed E-state index contributed by atoms with van der Waals surface area (Å²) >= 11 is 0. The van der Waals surface area contributed by atoms with Crippen LogP contribution in [-0.2, 0) is 6.54 Å². The minimum Gasteiger partial charge on any atom is -0.308 e. The van der Waals surface area contributed by atoms with Crippen molar-refractivity contribution in [2.24, 2.45) is 0 Å². The van der Waals surface area contributed by atoms with E-state index in [4.69, 9.17) is 0 Å². The molecule has 19 heavy (non-hydrogen) atoms. The first-order chi connectivity index (χ1) is 9.00. The summed E-state index contributed by atoms with van der Waals surface area (Å²) in [6.45, 7) is 5.59. The van der Waals surface area contributed by atoms with E-state index in [1.165, 1.54) is 6.92 Å². The van der Waals surface area contributed by atoms with E-state index in [2.05, 4.69) is 0 Å². The van der Waals surface area contributed by atoms with Gasteiger partial charge >= 0.3 is 0 Å². The molecule has 1 aromatic heterocycles. The van der Waals surface area contributed by atoms with E-state index in [1.807, 2.05) is 37.3 Å². The molecule has 3 nitrogen and oxygen atoms in total. The number of hydrogen-bond donors (Lipinski definition) is 0. The quantitative estimate of drug-likeness (QED) is 0.791. The Morgan fingerprint density at radius 1 is 1.16 bits per heavy atom. The number of benzene rings is 1. The number of carbonyl (C=O) groups excluding carboxylic acids is 1. The molecule has 1 heterocycles. The number of nitrogens with zero attached hydrogens (tertiary/aromatic N) is 1. The summed E-state index contributed by atoms with van der Waals surface area (Å²) in [4.78, 5) is 23.8. The van der Waals surface area contributed by atoms with Crippen molar-refractivity contribution < 1.29 is 4.79 Å². The molecule has 0 spiro atoms. The Kier molecular flexibility index (Phi) is 3.65. The summed E-state index contributed by atoms with van der Waals surface area (Å²) in [6.07, 6.45) is 0. The molecule has 0 unspecified atom stereocenters. The summed E-state index contributed by atoms with van der Waals surface area (Å²) in [5.41, 5.74) is 2.84. The molecule has 2 aromatic rings. The van der Waals surface area contributed by atoms with Gasteiger partial charge in [-0.3, -0.25) is 9.59 Å². The van der Waals surface area contributed by atoms with Crippen molar-refractivity contribution in [1.29, 1.82) is 0 Å². The number of rotatable bonds is 3. The molecule has 1 aromatic carbocycles. The Morgan fingerprint density at radius 2 is 1.79 bits per heavy atom. The van der Waals surface area contributed by atoms with Gasteiger partial charge in [0.2, 0.25) is 0 Å². The van der Waals surface area contributed by atoms with Crippen molar-refractivity contribution >= 4 is 5.78 Å². The zero-order valence-electron chi connectivity index (χ0n) is 11.4. The number of carbonyl (C=O) groups is 1. The molecular weight excluding hydrogens is 238 g/mol. The van der Waals surface area contributed by atoms with Crippen molar-refractivity contribution in [1.82, 2.24) is 4.57 Å². The van der Waals surface area contributed by atoms with Crippen LogP contribution in [0.15, 0.2) is 41.2 Å². The van der Waals surface area contributed by atoms with Gasteiger partial charge in [-0.05, 0) is 32.4 Å². The lowest BCUT2D eigenvalue weighted by Gasteiger charge is -2.13. The molecule has 0 saturated heterocycles. The number of hydrogen-bond acceptors (Lipinski definition) is 2. The average Bonchev–Trinajstić information content (AvgIpc) is 2.40. The van der Waals surface area contributed by atoms with E-state index in [9.17, 15) is 9.59 Å². The van der Waals surface area contributed by atoms with Crippen molar-refractivity contribution in [3.63, 3.8) is 0 Å². The van der Waals surface area contributed by atoms with Gasteiger partial charge in [-0.1, -0.05) is 30.3 Å². The highest BCUT2D eigenvalue weighted by atomic mass is 16.1. The SMILES string of the molecule is CC(=O)c1cc(C)n(Cc2ccccc2)c(=O)c1C. The van der Waals surface area contributed by atoms with E-state index in [0.29, 0.717) is 17.7 Å². The van der Waals surface area contributed by atoms with Crippen LogP contribution in [-0.4, -0.2) is 10.4 Å². The lowest BCUT2D eigenvalue weighted by molar-refractivity contribution is 0.101. The van der Waals surface area contributed by atoms with Crippen LogP contribution in [0.5, 0.6) is 0 Å². The summed E-state index contributed by atoms with van der Waals surface area (Å²) in [5, 5.41) is 0. The minimum atomic E-state index is -0.0888. The standard InChI is InChI=1S/C16H17NO2/c1-11-9-15(13(3)18)12(2)16(19)17(11)10-14-7-5-4-6-8-14/h4-9H,10H2,1-3H3. The predicted octanol–water partition coefficient (Wildman–Crippen LogP) is 2.72. The fourth-order valence-corrected chi connectivity index (χ4v) is 2.20. The number of ketones is 1. The van der Waals surface area contributed by atoms with Crippen molar-refractivity contribution in [2.75, 3.05) is 0 Å². The van der Waals surface area contributed by atoms with Crippen LogP contribution in [0.2, 0.25) is 0 Å². The molecule has 0 amide bonds. The second-order valence-electron chi connectivity index (χ2n) is 4.76. The highest BCUT2D eigenvalue weighted by Gasteiger charge is 2.12. The molecule has 3 heteroatoms. The van der Waals surface area contributed by atoms with Gasteiger partial charge in [0.05, 0.1) is 6.54 Å². The van der Waals surface area contributed by atoms with E-state index in [0.717, 1.165) is 11.3 Å². The second-order valence-corrected chi connectivity index (χ2v) is 4.76. The zero-order chi connectivity index (χ0) is 14.0. The molecular formula is C16H17NO2. The van der Waals surface area contributed by atoms with Gasteiger partial charge in [0, 0.05) is 16.8 Å². The van der Waals surface area contributed by atoms with E-state index >= 15 is 0 Å². The van der Waals surface area contributed by atoms with Crippen LogP contribution in [0.3, 0.4) is 0 Å². The largest absolute Gasteiger partial charge is 0.308 e. The topological polar surface area (TPSA) is 39.1 Å². The maximum Gasteiger partial charge on any atom is 0.254 e. The highest BCUT2D eigenvalue weighted by molar-refractivity contribution is 5.95. The number of aromatic nitrogens is 1. The summed E-state index contributed by atoms with van der Waals surface area (Å²) < 4.78 is 1.71. The second kappa shape index (κ2) is 5.22. The van der Waals surface area contributed by atoms with Gasteiger partial charge in [0.1, 0.15) is 0 Å². The maximum atomic E-state index is 12.3. The van der Waals surface area contributed by atoms with Gasteiger partial charge in [-0.15, -0.1) is 0 Å². The molecule has 98 valence electrons. The number of aryl methyl sites for hydroxylation is 1. The normalized spacial score (nSPS) is 10.5. The Hall–Kier alpha value is -2.16. The molecule has 0 fully saturated rings. The van der Waals surface area contributed by atoms with E-state index in [-0.39, 0.29) is 11.3 Å². The predicted molar refractivity (Wildman–Crippen MR) is 75.7 cm³/mol. The monoisotopic (exact) mass is 255 g/mol. The smallest absolute Gasteiger partial charge is 0.254 e. The zero-order valence-corrected chi connectivity index (χ0v) is 11.4. The Balaban J connectivity index is 2.51. The van der Waals surface area contributed by atoms with Crippen molar-refractivity contribution in [2.45, 2.75) is 27.3 Å². The molecule has 0 saturated carbocycles. The number of Topliss-reactive ketones (excluding diaryl/α,β-unsaturated/α-hetero) is 1. The van der Waals surface area contributed by atoms with Crippen LogP contribution < -0.4 is 5.56 Å². The summed E-state index contributed by atoms with van der Waals surface area (Å²) in [7, 11) is 0. The van der Waals surface area contributed by atoms with Crippen molar-refractivity contribution in [3.05, 3.63) is 69.1 Å². The Bertz CT molecular complexity index is 669. The number of pyridine rings is 1. The van der Waals surface area contributed by atoms with Gasteiger partial charge in [0.25, 0.3) is 5.56 Å². The highest BCUT2D eigenvalue weighted by Crippen LogP contribution is 2.10. The molecule has 0 aliphatic rings. The molecule has 0 atom stereocenters. The minimum absolute atomic E-state index is 0.0652. The molecule has 0 bridgehead atoms. The van der Waals surface area contributed by atoms with E-state index in [1.54, 1.807) is 17.6 Å². The molecule has 0 aliphatic heterocycles. The third-order valence-corrected chi connectivity index (χ3v) is 3.31. The van der Waals surface area contributed by atoms with Gasteiger partial charge in [-0.25, -0.2) is 0 Å². The van der Waals surface area contributed by atoms with Crippen LogP contribution in [0.1, 0.15) is 34.1 Å². The van der Waals surface area contributed by atoms with Crippen LogP contribution >= 0.6 is 0 Å². The average molecular weight is 255 g/mol. The summed E-state index contributed by atoms with van der Waals surface area (Å²) in [5.74, 6) is -0.0652. The lowest BCUT2D eigenvalue weighted by Crippen LogP contribution is -2.27. The summed E-state index contributed by atoms with van der Waals surface area (Å²) in [6, 6.07) is 11.6. The fourth-order valence-electron chi connectivity index (χ4n) is 2.20. The van der Waals surface area contributed by atoms with E-state index < -0.39 is 0 Å². The van der Waals surface area contributed by atoms with Crippen LogP contribution in [0.25, 0.3) is 0 Å². The first-order valence-electron chi connectivity index (χ1n) is 6.26. The van der Waals surface area contributed by atoms with Crippen LogP contribution in [0.4, 0.5) is 0 Å². The lowest BCUT2D eigenvalue weighted by atomic mass is 10.1. The van der Waals surface area contributed by atoms with Crippen molar-refractivity contribution in [3.8, 4) is 0 Å². The Labute approximate surface area is 112 Å². The third kappa shape index (κ3) is 2.65. The van der Waals surface area contributed by atoms with Gasteiger partial charge in [-0.2, -0.15) is 0 Å². The first kappa shape index (κ1) is 13.3. The fraction of sp³-hybridized carbons (Fsp3) is 0.250. The molecule has 0 radical (unpaired) electrons. The maximum absolute atomic E-state index is 12.3. The Morgan fingerprint density at radius 3 is 2.37 bits per heavy atom.